The minimum Gasteiger partial charge on any atom is -0.377 e. The van der Waals surface area contributed by atoms with Crippen LogP contribution in [0.3, 0.4) is 0 Å². The van der Waals surface area contributed by atoms with E-state index in [-0.39, 0.29) is 18.3 Å². The van der Waals surface area contributed by atoms with Crippen LogP contribution >= 0.6 is 0 Å². The second kappa shape index (κ2) is 6.60. The van der Waals surface area contributed by atoms with E-state index in [1.807, 2.05) is 0 Å². The van der Waals surface area contributed by atoms with Gasteiger partial charge >= 0.3 is 6.18 Å². The molecule has 1 atom stereocenters. The molecule has 1 fully saturated rings. The van der Waals surface area contributed by atoms with E-state index in [0.717, 1.165) is 11.0 Å². The molecule has 1 aromatic carbocycles. The van der Waals surface area contributed by atoms with Crippen LogP contribution in [-0.2, 0) is 11.3 Å². The van der Waals surface area contributed by atoms with Gasteiger partial charge < -0.3 is 9.64 Å². The van der Waals surface area contributed by atoms with Gasteiger partial charge in [-0.1, -0.05) is 18.2 Å². The number of rotatable bonds is 3. The molecule has 1 aromatic heterocycles. The summed E-state index contributed by atoms with van der Waals surface area (Å²) < 4.78 is 43.4. The molecule has 1 aliphatic heterocycles. The van der Waals surface area contributed by atoms with E-state index < -0.39 is 18.8 Å². The lowest BCUT2D eigenvalue weighted by molar-refractivity contribution is -0.142. The zero-order valence-electron chi connectivity index (χ0n) is 12.6. The minimum absolute atomic E-state index is 0.142. The summed E-state index contributed by atoms with van der Waals surface area (Å²) in [6.07, 6.45) is -3.36. The molecule has 0 aliphatic carbocycles. The molecule has 0 spiro atoms. The average molecular weight is 340 g/mol. The van der Waals surface area contributed by atoms with Crippen LogP contribution < -0.4 is 0 Å². The highest BCUT2D eigenvalue weighted by Crippen LogP contribution is 2.24. The molecule has 24 heavy (non-hydrogen) atoms. The first-order valence-corrected chi connectivity index (χ1v) is 7.34. The van der Waals surface area contributed by atoms with Crippen molar-refractivity contribution >= 4 is 5.91 Å². The number of ether oxygens (including phenoxy) is 1. The van der Waals surface area contributed by atoms with Gasteiger partial charge in [-0.3, -0.25) is 4.79 Å². The van der Waals surface area contributed by atoms with Gasteiger partial charge in [0.2, 0.25) is 0 Å². The van der Waals surface area contributed by atoms with Crippen molar-refractivity contribution in [3.63, 3.8) is 0 Å². The number of alkyl halides is 3. The number of amides is 1. The third kappa shape index (κ3) is 3.73. The van der Waals surface area contributed by atoms with Gasteiger partial charge in [-0.2, -0.15) is 18.3 Å². The molecule has 0 radical (unpaired) electrons. The molecule has 9 heteroatoms. The third-order valence-corrected chi connectivity index (χ3v) is 3.60. The van der Waals surface area contributed by atoms with Crippen molar-refractivity contribution in [2.75, 3.05) is 19.8 Å². The molecule has 1 amide bonds. The fourth-order valence-electron chi connectivity index (χ4n) is 2.53. The van der Waals surface area contributed by atoms with Gasteiger partial charge in [0.25, 0.3) is 5.91 Å². The summed E-state index contributed by atoms with van der Waals surface area (Å²) in [4.78, 5) is 18.1. The third-order valence-electron chi connectivity index (χ3n) is 3.60. The summed E-state index contributed by atoms with van der Waals surface area (Å²) in [5.41, 5.74) is 0.499. The standard InChI is InChI=1S/C15H15F3N4O2/c16-15(17,18)9-21-10-19-13(20-21)12-8-24-7-6-22(12)14(23)11-4-2-1-3-5-11/h1-5,10,12H,6-9H2/t12-/m0/s1. The normalized spacial score (nSPS) is 18.6. The van der Waals surface area contributed by atoms with Crippen LogP contribution in [0.25, 0.3) is 0 Å². The summed E-state index contributed by atoms with van der Waals surface area (Å²) in [6, 6.07) is 8.06. The average Bonchev–Trinajstić information content (AvgIpc) is 3.01. The molecule has 6 nitrogen and oxygen atoms in total. The number of aromatic nitrogens is 3. The Bertz CT molecular complexity index is 702. The maximum atomic E-state index is 12.6. The van der Waals surface area contributed by atoms with E-state index in [0.29, 0.717) is 18.7 Å². The Hall–Kier alpha value is -2.42. The molecular formula is C15H15F3N4O2. The van der Waals surface area contributed by atoms with Gasteiger partial charge in [0.1, 0.15) is 18.9 Å². The lowest BCUT2D eigenvalue weighted by atomic mass is 10.1. The van der Waals surface area contributed by atoms with Crippen LogP contribution in [0.1, 0.15) is 22.2 Å². The number of hydrogen-bond donors (Lipinski definition) is 0. The Balaban J connectivity index is 1.81. The second-order valence-electron chi connectivity index (χ2n) is 5.37. The molecule has 1 saturated heterocycles. The van der Waals surface area contributed by atoms with Crippen molar-refractivity contribution in [3.05, 3.63) is 48.0 Å². The number of carbonyl (C=O) groups excluding carboxylic acids is 1. The Morgan fingerprint density at radius 3 is 2.75 bits per heavy atom. The van der Waals surface area contributed by atoms with Gasteiger partial charge in [-0.15, -0.1) is 0 Å². The van der Waals surface area contributed by atoms with Gasteiger partial charge in [-0.05, 0) is 12.1 Å². The van der Waals surface area contributed by atoms with E-state index in [2.05, 4.69) is 10.1 Å². The van der Waals surface area contributed by atoms with Crippen LogP contribution in [0.2, 0.25) is 0 Å². The lowest BCUT2D eigenvalue weighted by Crippen LogP contribution is -2.44. The lowest BCUT2D eigenvalue weighted by Gasteiger charge is -2.34. The summed E-state index contributed by atoms with van der Waals surface area (Å²) >= 11 is 0. The fraction of sp³-hybridized carbons (Fsp3) is 0.400. The Labute approximate surface area is 135 Å². The maximum Gasteiger partial charge on any atom is 0.408 e. The predicted molar refractivity (Wildman–Crippen MR) is 77.1 cm³/mol. The van der Waals surface area contributed by atoms with Crippen LogP contribution in [0.4, 0.5) is 13.2 Å². The molecule has 1 aliphatic rings. The van der Waals surface area contributed by atoms with E-state index in [9.17, 15) is 18.0 Å². The number of morpholine rings is 1. The van der Waals surface area contributed by atoms with Crippen molar-refractivity contribution in [3.8, 4) is 0 Å². The van der Waals surface area contributed by atoms with Crippen LogP contribution in [0, 0.1) is 0 Å². The van der Waals surface area contributed by atoms with Crippen LogP contribution in [-0.4, -0.2) is 51.5 Å². The molecule has 0 bridgehead atoms. The zero-order chi connectivity index (χ0) is 17.2. The first-order valence-electron chi connectivity index (χ1n) is 7.34. The number of nitrogens with zero attached hydrogens (tertiary/aromatic N) is 4. The number of benzene rings is 1. The fourth-order valence-corrected chi connectivity index (χ4v) is 2.53. The molecule has 3 rings (SSSR count). The van der Waals surface area contributed by atoms with Gasteiger partial charge in [0.05, 0.1) is 13.2 Å². The van der Waals surface area contributed by atoms with E-state index >= 15 is 0 Å². The minimum atomic E-state index is -4.38. The molecule has 0 N–H and O–H groups in total. The van der Waals surface area contributed by atoms with Crippen molar-refractivity contribution in [2.24, 2.45) is 0 Å². The van der Waals surface area contributed by atoms with Crippen molar-refractivity contribution in [1.82, 2.24) is 19.7 Å². The van der Waals surface area contributed by atoms with Gasteiger partial charge in [0, 0.05) is 12.1 Å². The highest BCUT2D eigenvalue weighted by Gasteiger charge is 2.33. The van der Waals surface area contributed by atoms with Gasteiger partial charge in [-0.25, -0.2) is 9.67 Å². The summed E-state index contributed by atoms with van der Waals surface area (Å²) in [6.45, 7) is -0.390. The smallest absolute Gasteiger partial charge is 0.377 e. The number of carbonyl (C=O) groups is 1. The quantitative estimate of drug-likeness (QED) is 0.858. The summed E-state index contributed by atoms with van der Waals surface area (Å²) in [7, 11) is 0. The Morgan fingerprint density at radius 2 is 2.04 bits per heavy atom. The van der Waals surface area contributed by atoms with Crippen molar-refractivity contribution in [2.45, 2.75) is 18.8 Å². The second-order valence-corrected chi connectivity index (χ2v) is 5.37. The van der Waals surface area contributed by atoms with Crippen LogP contribution in [0.15, 0.2) is 36.7 Å². The van der Waals surface area contributed by atoms with Crippen LogP contribution in [0.5, 0.6) is 0 Å². The highest BCUT2D eigenvalue weighted by molar-refractivity contribution is 5.94. The van der Waals surface area contributed by atoms with E-state index in [1.54, 1.807) is 30.3 Å². The largest absolute Gasteiger partial charge is 0.408 e. The first kappa shape index (κ1) is 16.4. The highest BCUT2D eigenvalue weighted by atomic mass is 19.4. The summed E-state index contributed by atoms with van der Waals surface area (Å²) in [5, 5.41) is 3.86. The Kier molecular flexibility index (Phi) is 4.52. The molecular weight excluding hydrogens is 325 g/mol. The molecule has 2 aromatic rings. The topological polar surface area (TPSA) is 60.3 Å². The molecule has 0 unspecified atom stereocenters. The maximum absolute atomic E-state index is 12.6. The Morgan fingerprint density at radius 1 is 1.29 bits per heavy atom. The first-order chi connectivity index (χ1) is 11.4. The molecule has 128 valence electrons. The number of hydrogen-bond acceptors (Lipinski definition) is 4. The number of halogens is 3. The van der Waals surface area contributed by atoms with Gasteiger partial charge in [0.15, 0.2) is 5.82 Å². The molecule has 2 heterocycles. The monoisotopic (exact) mass is 340 g/mol. The van der Waals surface area contributed by atoms with Crippen molar-refractivity contribution < 1.29 is 22.7 Å². The predicted octanol–water partition coefficient (Wildman–Crippen LogP) is 2.05. The molecule has 0 saturated carbocycles. The van der Waals surface area contributed by atoms with Crippen molar-refractivity contribution in [1.29, 1.82) is 0 Å². The zero-order valence-corrected chi connectivity index (χ0v) is 12.6. The summed E-state index contributed by atoms with van der Waals surface area (Å²) in [5.74, 6) is -0.0840. The van der Waals surface area contributed by atoms with E-state index in [1.165, 1.54) is 4.90 Å². The SMILES string of the molecule is O=C(c1ccccc1)N1CCOC[C@H]1c1ncn(CC(F)(F)F)n1. The van der Waals surface area contributed by atoms with E-state index in [4.69, 9.17) is 4.74 Å².